The van der Waals surface area contributed by atoms with Gasteiger partial charge >= 0.3 is 0 Å². The van der Waals surface area contributed by atoms with Crippen LogP contribution >= 0.6 is 11.6 Å². The monoisotopic (exact) mass is 494 g/mol. The number of benzene rings is 1. The van der Waals surface area contributed by atoms with Gasteiger partial charge in [0.1, 0.15) is 17.9 Å². The number of pyridine rings is 1. The average Bonchev–Trinajstić information content (AvgIpc) is 3.19. The Morgan fingerprint density at radius 3 is 2.62 bits per heavy atom. The predicted octanol–water partition coefficient (Wildman–Crippen LogP) is 3.01. The van der Waals surface area contributed by atoms with Crippen LogP contribution in [0.5, 0.6) is 0 Å². The molecule has 0 radical (unpaired) electrons. The minimum atomic E-state index is -2.85. The van der Waals surface area contributed by atoms with Gasteiger partial charge in [-0.2, -0.15) is 0 Å². The second-order valence-electron chi connectivity index (χ2n) is 8.51. The van der Waals surface area contributed by atoms with E-state index in [1.807, 2.05) is 0 Å². The normalized spacial score (nSPS) is 20.2. The van der Waals surface area contributed by atoms with Crippen molar-refractivity contribution in [3.05, 3.63) is 59.1 Å². The lowest BCUT2D eigenvalue weighted by Crippen LogP contribution is -2.59. The zero-order valence-corrected chi connectivity index (χ0v) is 18.7. The maximum absolute atomic E-state index is 14.1. The Morgan fingerprint density at radius 2 is 2.00 bits per heavy atom. The van der Waals surface area contributed by atoms with E-state index in [0.717, 1.165) is 17.2 Å². The lowest BCUT2D eigenvalue weighted by Gasteiger charge is -2.38. The molecule has 1 aromatic heterocycles. The summed E-state index contributed by atoms with van der Waals surface area (Å²) >= 11 is 6.29. The maximum atomic E-state index is 14.1. The third-order valence-electron chi connectivity index (χ3n) is 5.92. The molecule has 11 heteroatoms. The van der Waals surface area contributed by atoms with E-state index in [1.54, 1.807) is 24.3 Å². The standard InChI is InChI=1S/C23H22ClF3N4O3/c24-17-4-2-1-3-13(17)7-19(21(33)29-15-9-23(26,27)10-15)31(16-8-14(25)11-28-12-16)22(34)18-5-6-20(32)30-18/h1-4,8,11-12,15,18-19H,5-7,9-10H2,(H,29,33)(H,30,32)/t18-,19?/m0/s1. The maximum Gasteiger partial charge on any atom is 0.252 e. The SMILES string of the molecule is O=C1CC[C@@H](C(=O)N(c2cncc(F)c2)C(Cc2ccccc2Cl)C(=O)NC2CC(F)(F)C2)N1. The smallest absolute Gasteiger partial charge is 0.252 e. The summed E-state index contributed by atoms with van der Waals surface area (Å²) in [4.78, 5) is 43.5. The first-order valence-electron chi connectivity index (χ1n) is 10.8. The van der Waals surface area contributed by atoms with Gasteiger partial charge in [-0.05, 0) is 18.1 Å². The van der Waals surface area contributed by atoms with E-state index in [9.17, 15) is 27.6 Å². The highest BCUT2D eigenvalue weighted by molar-refractivity contribution is 6.31. The summed E-state index contributed by atoms with van der Waals surface area (Å²) in [6.45, 7) is 0. The van der Waals surface area contributed by atoms with Crippen molar-refractivity contribution >= 4 is 35.0 Å². The number of hydrogen-bond donors (Lipinski definition) is 2. The van der Waals surface area contributed by atoms with E-state index in [1.165, 1.54) is 6.20 Å². The van der Waals surface area contributed by atoms with Crippen molar-refractivity contribution < 1.29 is 27.6 Å². The lowest BCUT2D eigenvalue weighted by atomic mass is 9.87. The average molecular weight is 495 g/mol. The van der Waals surface area contributed by atoms with Crippen molar-refractivity contribution in [3.63, 3.8) is 0 Å². The van der Waals surface area contributed by atoms with Crippen molar-refractivity contribution in [3.8, 4) is 0 Å². The Bertz CT molecular complexity index is 1110. The molecule has 2 fully saturated rings. The molecular formula is C23H22ClF3N4O3. The fourth-order valence-corrected chi connectivity index (χ4v) is 4.41. The molecule has 2 atom stereocenters. The minimum Gasteiger partial charge on any atom is -0.351 e. The molecule has 7 nitrogen and oxygen atoms in total. The number of hydrogen-bond acceptors (Lipinski definition) is 4. The summed E-state index contributed by atoms with van der Waals surface area (Å²) in [6, 6.07) is 4.79. The summed E-state index contributed by atoms with van der Waals surface area (Å²) in [5, 5.41) is 5.48. The molecule has 0 spiro atoms. The molecule has 1 saturated heterocycles. The Kier molecular flexibility index (Phi) is 6.79. The number of aromatic nitrogens is 1. The van der Waals surface area contributed by atoms with Crippen LogP contribution in [0.1, 0.15) is 31.2 Å². The fourth-order valence-electron chi connectivity index (χ4n) is 4.19. The van der Waals surface area contributed by atoms with Crippen LogP contribution in [0, 0.1) is 5.82 Å². The van der Waals surface area contributed by atoms with E-state index in [4.69, 9.17) is 11.6 Å². The highest BCUT2D eigenvalue weighted by atomic mass is 35.5. The van der Waals surface area contributed by atoms with Crippen LogP contribution in [0.3, 0.4) is 0 Å². The number of halogens is 4. The molecule has 2 heterocycles. The van der Waals surface area contributed by atoms with Gasteiger partial charge in [0.2, 0.25) is 17.7 Å². The summed E-state index contributed by atoms with van der Waals surface area (Å²) < 4.78 is 40.8. The first-order valence-corrected chi connectivity index (χ1v) is 11.2. The van der Waals surface area contributed by atoms with Gasteiger partial charge in [-0.3, -0.25) is 24.3 Å². The first kappa shape index (κ1) is 24.0. The number of nitrogens with one attached hydrogen (secondary N) is 2. The van der Waals surface area contributed by atoms with Crippen LogP contribution in [0.4, 0.5) is 18.9 Å². The second-order valence-corrected chi connectivity index (χ2v) is 8.92. The Labute approximate surface area is 198 Å². The van der Waals surface area contributed by atoms with Crippen LogP contribution in [0.15, 0.2) is 42.7 Å². The van der Waals surface area contributed by atoms with E-state index in [0.29, 0.717) is 10.6 Å². The van der Waals surface area contributed by atoms with Crippen LogP contribution in [-0.2, 0) is 20.8 Å². The number of anilines is 1. The Hall–Kier alpha value is -3.14. The van der Waals surface area contributed by atoms with E-state index >= 15 is 0 Å². The van der Waals surface area contributed by atoms with E-state index in [2.05, 4.69) is 15.6 Å². The molecule has 34 heavy (non-hydrogen) atoms. The van der Waals surface area contributed by atoms with Crippen LogP contribution < -0.4 is 15.5 Å². The Morgan fingerprint density at radius 1 is 1.26 bits per heavy atom. The first-order chi connectivity index (χ1) is 16.1. The Balaban J connectivity index is 1.71. The second kappa shape index (κ2) is 9.61. The van der Waals surface area contributed by atoms with Gasteiger partial charge < -0.3 is 10.6 Å². The van der Waals surface area contributed by atoms with Crippen molar-refractivity contribution in [2.45, 2.75) is 56.2 Å². The van der Waals surface area contributed by atoms with Crippen molar-refractivity contribution in [1.82, 2.24) is 15.6 Å². The number of rotatable bonds is 7. The molecule has 2 aliphatic rings. The highest BCUT2D eigenvalue weighted by Gasteiger charge is 2.47. The van der Waals surface area contributed by atoms with Crippen LogP contribution in [-0.4, -0.2) is 46.8 Å². The summed E-state index contributed by atoms with van der Waals surface area (Å²) in [5.41, 5.74) is 0.526. The van der Waals surface area contributed by atoms with E-state index in [-0.39, 0.29) is 30.9 Å². The van der Waals surface area contributed by atoms with Crippen molar-refractivity contribution in [2.24, 2.45) is 0 Å². The van der Waals surface area contributed by atoms with Gasteiger partial charge in [0, 0.05) is 42.8 Å². The van der Waals surface area contributed by atoms with Crippen LogP contribution in [0.25, 0.3) is 0 Å². The fraction of sp³-hybridized carbons (Fsp3) is 0.391. The molecule has 1 aromatic carbocycles. The number of nitrogens with zero attached hydrogens (tertiary/aromatic N) is 2. The van der Waals surface area contributed by atoms with Gasteiger partial charge in [0.25, 0.3) is 5.92 Å². The number of carbonyl (C=O) groups excluding carboxylic acids is 3. The molecule has 0 bridgehead atoms. The largest absolute Gasteiger partial charge is 0.351 e. The van der Waals surface area contributed by atoms with Crippen LogP contribution in [0.2, 0.25) is 5.02 Å². The van der Waals surface area contributed by atoms with E-state index < -0.39 is 54.5 Å². The van der Waals surface area contributed by atoms with Crippen molar-refractivity contribution in [1.29, 1.82) is 0 Å². The quantitative estimate of drug-likeness (QED) is 0.619. The topological polar surface area (TPSA) is 91.4 Å². The minimum absolute atomic E-state index is 0.00251. The molecule has 2 N–H and O–H groups in total. The molecule has 3 amide bonds. The summed E-state index contributed by atoms with van der Waals surface area (Å²) in [5.74, 6) is -5.24. The van der Waals surface area contributed by atoms with Crippen molar-refractivity contribution in [2.75, 3.05) is 4.90 Å². The third kappa shape index (κ3) is 5.32. The molecule has 1 aliphatic heterocycles. The molecule has 1 aliphatic carbocycles. The predicted molar refractivity (Wildman–Crippen MR) is 118 cm³/mol. The van der Waals surface area contributed by atoms with Gasteiger partial charge in [-0.25, -0.2) is 13.2 Å². The molecule has 180 valence electrons. The molecular weight excluding hydrogens is 473 g/mol. The zero-order valence-electron chi connectivity index (χ0n) is 17.9. The van der Waals surface area contributed by atoms with Gasteiger partial charge in [-0.1, -0.05) is 29.8 Å². The third-order valence-corrected chi connectivity index (χ3v) is 6.29. The summed E-state index contributed by atoms with van der Waals surface area (Å²) in [7, 11) is 0. The number of alkyl halides is 2. The molecule has 2 aromatic rings. The molecule has 1 unspecified atom stereocenters. The number of amides is 3. The molecule has 1 saturated carbocycles. The lowest BCUT2D eigenvalue weighted by molar-refractivity contribution is -0.133. The van der Waals surface area contributed by atoms with Gasteiger partial charge in [0.15, 0.2) is 0 Å². The molecule has 4 rings (SSSR count). The number of carbonyl (C=O) groups is 3. The summed E-state index contributed by atoms with van der Waals surface area (Å²) in [6.07, 6.45) is 1.41. The highest BCUT2D eigenvalue weighted by Crippen LogP contribution is 2.37. The van der Waals surface area contributed by atoms with Gasteiger partial charge in [-0.15, -0.1) is 0 Å². The van der Waals surface area contributed by atoms with Gasteiger partial charge in [0.05, 0.1) is 18.1 Å². The zero-order chi connectivity index (χ0) is 24.5.